The van der Waals surface area contributed by atoms with Crippen molar-refractivity contribution in [1.82, 2.24) is 16.4 Å². The van der Waals surface area contributed by atoms with Crippen LogP contribution in [0.4, 0.5) is 0 Å². The minimum Gasteiger partial charge on any atom is -0.311 e. The smallest absolute Gasteiger partial charge is 0.0957 e. The number of nitrogens with two attached hydrogens (primary N) is 1. The molecule has 2 aromatic rings. The molecule has 0 bridgehead atoms. The first-order valence-electron chi connectivity index (χ1n) is 9.17. The predicted octanol–water partition coefficient (Wildman–Crippen LogP) is 3.80. The number of hydrazine groups is 2. The zero-order chi connectivity index (χ0) is 17.9. The van der Waals surface area contributed by atoms with Crippen molar-refractivity contribution in [2.24, 2.45) is 11.1 Å². The van der Waals surface area contributed by atoms with Gasteiger partial charge < -0.3 is 5.73 Å². The van der Waals surface area contributed by atoms with E-state index in [-0.39, 0.29) is 6.17 Å². The van der Waals surface area contributed by atoms with Crippen molar-refractivity contribution in [1.29, 1.82) is 0 Å². The molecule has 1 saturated carbocycles. The van der Waals surface area contributed by atoms with E-state index in [1.54, 1.807) is 0 Å². The van der Waals surface area contributed by atoms with E-state index in [4.69, 9.17) is 5.73 Å². The number of hydrogen-bond acceptors (Lipinski definition) is 4. The predicted molar refractivity (Wildman–Crippen MR) is 104 cm³/mol. The Bertz CT molecular complexity index is 691. The highest BCUT2D eigenvalue weighted by atomic mass is 15.6. The van der Waals surface area contributed by atoms with Gasteiger partial charge in [-0.2, -0.15) is 5.53 Å². The summed E-state index contributed by atoms with van der Waals surface area (Å²) in [7, 11) is 0. The first-order valence-corrected chi connectivity index (χ1v) is 9.17. The van der Waals surface area contributed by atoms with Gasteiger partial charge in [0, 0.05) is 6.04 Å². The van der Waals surface area contributed by atoms with Gasteiger partial charge in [0.2, 0.25) is 0 Å². The van der Waals surface area contributed by atoms with Gasteiger partial charge >= 0.3 is 0 Å². The van der Waals surface area contributed by atoms with E-state index >= 15 is 0 Å². The second kappa shape index (κ2) is 7.67. The van der Waals surface area contributed by atoms with E-state index in [1.165, 1.54) is 30.4 Å². The Morgan fingerprint density at radius 1 is 1.00 bits per heavy atom. The molecule has 0 aromatic heterocycles. The molecule has 5 N–H and O–H groups in total. The first kappa shape index (κ1) is 18.1. The summed E-state index contributed by atoms with van der Waals surface area (Å²) in [6, 6.07) is 17.2. The summed E-state index contributed by atoms with van der Waals surface area (Å²) in [4.78, 5) is 0. The van der Waals surface area contributed by atoms with Crippen LogP contribution in [0.25, 0.3) is 11.1 Å². The van der Waals surface area contributed by atoms with Gasteiger partial charge in [-0.15, -0.1) is 0 Å². The zero-order valence-corrected chi connectivity index (χ0v) is 15.5. The van der Waals surface area contributed by atoms with Crippen LogP contribution in [0.3, 0.4) is 0 Å². The molecule has 25 heavy (non-hydrogen) atoms. The SMILES string of the molecule is Cc1ccc(-c2ccccc2C(N)NNNC(C)C2(C)CCC2)cc1. The number of hydrogen-bond donors (Lipinski definition) is 4. The maximum atomic E-state index is 6.39. The van der Waals surface area contributed by atoms with Crippen LogP contribution in [-0.2, 0) is 0 Å². The molecule has 4 nitrogen and oxygen atoms in total. The van der Waals surface area contributed by atoms with Crippen LogP contribution in [0.5, 0.6) is 0 Å². The lowest BCUT2D eigenvalue weighted by Gasteiger charge is -2.44. The van der Waals surface area contributed by atoms with Gasteiger partial charge in [0.05, 0.1) is 6.17 Å². The normalized spacial score (nSPS) is 18.4. The maximum Gasteiger partial charge on any atom is 0.0957 e. The highest BCUT2D eigenvalue weighted by Gasteiger charge is 2.37. The van der Waals surface area contributed by atoms with Crippen LogP contribution in [0.2, 0.25) is 0 Å². The fourth-order valence-electron chi connectivity index (χ4n) is 3.41. The standard InChI is InChI=1S/C21H30N4/c1-15-9-11-17(12-10-15)18-7-4-5-8-19(18)20(22)24-25-23-16(2)21(3)13-6-14-21/h4-5,7-12,16,20,23-25H,6,13-14,22H2,1-3H3. The maximum absolute atomic E-state index is 6.39. The largest absolute Gasteiger partial charge is 0.311 e. The summed E-state index contributed by atoms with van der Waals surface area (Å²) in [5, 5.41) is 0. The minimum absolute atomic E-state index is 0.300. The van der Waals surface area contributed by atoms with Crippen molar-refractivity contribution in [3.8, 4) is 11.1 Å². The Morgan fingerprint density at radius 2 is 1.68 bits per heavy atom. The van der Waals surface area contributed by atoms with Crippen molar-refractivity contribution >= 4 is 0 Å². The number of rotatable bonds is 7. The molecule has 0 spiro atoms. The molecule has 1 aliphatic rings. The topological polar surface area (TPSA) is 62.1 Å². The van der Waals surface area contributed by atoms with Gasteiger partial charge in [-0.1, -0.05) is 67.4 Å². The Morgan fingerprint density at radius 3 is 2.32 bits per heavy atom. The van der Waals surface area contributed by atoms with Crippen LogP contribution >= 0.6 is 0 Å². The Labute approximate surface area is 151 Å². The van der Waals surface area contributed by atoms with E-state index in [1.807, 2.05) is 6.07 Å². The summed E-state index contributed by atoms with van der Waals surface area (Å²) in [6.45, 7) is 6.66. The molecule has 1 fully saturated rings. The molecule has 2 atom stereocenters. The van der Waals surface area contributed by atoms with Gasteiger partial charge in [-0.05, 0) is 48.8 Å². The summed E-state index contributed by atoms with van der Waals surface area (Å²) >= 11 is 0. The van der Waals surface area contributed by atoms with Gasteiger partial charge in [0.25, 0.3) is 0 Å². The Hall–Kier alpha value is -1.72. The summed E-state index contributed by atoms with van der Waals surface area (Å²) in [5.41, 5.74) is 21.1. The van der Waals surface area contributed by atoms with Crippen LogP contribution in [0.1, 0.15) is 50.4 Å². The lowest BCUT2D eigenvalue weighted by atomic mass is 9.66. The van der Waals surface area contributed by atoms with Crippen LogP contribution in [0, 0.1) is 12.3 Å². The first-order chi connectivity index (χ1) is 12.0. The fourth-order valence-corrected chi connectivity index (χ4v) is 3.41. The highest BCUT2D eigenvalue weighted by molar-refractivity contribution is 5.68. The van der Waals surface area contributed by atoms with E-state index in [0.29, 0.717) is 11.5 Å². The van der Waals surface area contributed by atoms with Crippen molar-refractivity contribution in [3.05, 3.63) is 59.7 Å². The number of benzene rings is 2. The molecule has 2 unspecified atom stereocenters. The molecule has 134 valence electrons. The van der Waals surface area contributed by atoms with Crippen molar-refractivity contribution < 1.29 is 0 Å². The van der Waals surface area contributed by atoms with E-state index in [2.05, 4.69) is 79.6 Å². The molecule has 3 rings (SSSR count). The second-order valence-corrected chi connectivity index (χ2v) is 7.57. The van der Waals surface area contributed by atoms with Crippen LogP contribution < -0.4 is 22.1 Å². The van der Waals surface area contributed by atoms with Gasteiger partial charge in [0.15, 0.2) is 0 Å². The van der Waals surface area contributed by atoms with Crippen molar-refractivity contribution in [2.45, 2.75) is 52.2 Å². The van der Waals surface area contributed by atoms with Gasteiger partial charge in [0.1, 0.15) is 0 Å². The fraction of sp³-hybridized carbons (Fsp3) is 0.429. The van der Waals surface area contributed by atoms with Crippen LogP contribution in [0.15, 0.2) is 48.5 Å². The monoisotopic (exact) mass is 338 g/mol. The molecule has 1 aliphatic carbocycles. The molecule has 0 heterocycles. The average molecular weight is 338 g/mol. The minimum atomic E-state index is -0.300. The lowest BCUT2D eigenvalue weighted by molar-refractivity contribution is 0.0912. The molecule has 0 radical (unpaired) electrons. The highest BCUT2D eigenvalue weighted by Crippen LogP contribution is 2.42. The molecular weight excluding hydrogens is 308 g/mol. The number of aryl methyl sites for hydroxylation is 1. The molecule has 0 amide bonds. The average Bonchev–Trinajstić information content (AvgIpc) is 2.60. The lowest BCUT2D eigenvalue weighted by Crippen LogP contribution is -2.56. The quantitative estimate of drug-likeness (QED) is 0.458. The number of nitrogens with one attached hydrogen (secondary N) is 3. The Balaban J connectivity index is 1.64. The summed E-state index contributed by atoms with van der Waals surface area (Å²) in [5.74, 6) is 0. The van der Waals surface area contributed by atoms with Crippen LogP contribution in [-0.4, -0.2) is 6.04 Å². The summed E-state index contributed by atoms with van der Waals surface area (Å²) in [6.07, 6.45) is 3.60. The molecule has 2 aromatic carbocycles. The molecule has 0 aliphatic heterocycles. The molecule has 4 heteroatoms. The second-order valence-electron chi connectivity index (χ2n) is 7.57. The van der Waals surface area contributed by atoms with E-state index in [9.17, 15) is 0 Å². The molecular formula is C21H30N4. The third-order valence-corrected chi connectivity index (χ3v) is 5.72. The van der Waals surface area contributed by atoms with Crippen molar-refractivity contribution in [3.63, 3.8) is 0 Å². The van der Waals surface area contributed by atoms with Gasteiger partial charge in [-0.25, -0.2) is 10.9 Å². The Kier molecular flexibility index (Phi) is 5.54. The molecule has 0 saturated heterocycles. The third kappa shape index (κ3) is 4.10. The van der Waals surface area contributed by atoms with E-state index in [0.717, 1.165) is 11.1 Å². The zero-order valence-electron chi connectivity index (χ0n) is 15.5. The van der Waals surface area contributed by atoms with Crippen molar-refractivity contribution in [2.75, 3.05) is 0 Å². The summed E-state index contributed by atoms with van der Waals surface area (Å²) < 4.78 is 0. The van der Waals surface area contributed by atoms with Gasteiger partial charge in [-0.3, -0.25) is 0 Å². The third-order valence-electron chi connectivity index (χ3n) is 5.72. The van der Waals surface area contributed by atoms with E-state index < -0.39 is 0 Å².